The zero-order valence-electron chi connectivity index (χ0n) is 10.1. The van der Waals surface area contributed by atoms with Gasteiger partial charge >= 0.3 is 0 Å². The molecule has 2 heteroatoms. The van der Waals surface area contributed by atoms with Gasteiger partial charge in [-0.2, -0.15) is 0 Å². The van der Waals surface area contributed by atoms with Crippen molar-refractivity contribution < 1.29 is 0 Å². The first-order valence-electron chi connectivity index (χ1n) is 5.94. The van der Waals surface area contributed by atoms with Crippen LogP contribution >= 0.6 is 15.9 Å². The first kappa shape index (κ1) is 14.4. The summed E-state index contributed by atoms with van der Waals surface area (Å²) in [7, 11) is 4.41. The highest BCUT2D eigenvalue weighted by Gasteiger charge is 2.09. The second-order valence-electron chi connectivity index (χ2n) is 4.30. The van der Waals surface area contributed by atoms with Crippen LogP contribution < -0.4 is 0 Å². The molecule has 1 nitrogen and oxygen atoms in total. The summed E-state index contributed by atoms with van der Waals surface area (Å²) in [6.45, 7) is 2.27. The van der Waals surface area contributed by atoms with Gasteiger partial charge in [0.2, 0.25) is 0 Å². The first-order valence-corrected chi connectivity index (χ1v) is 7.06. The lowest BCUT2D eigenvalue weighted by atomic mass is 10.0. The fraction of sp³-hybridized carbons (Fsp3) is 1.00. The number of rotatable bonds is 9. The van der Waals surface area contributed by atoms with Crippen molar-refractivity contribution in [1.29, 1.82) is 0 Å². The summed E-state index contributed by atoms with van der Waals surface area (Å²) < 4.78 is 0. The van der Waals surface area contributed by atoms with E-state index in [-0.39, 0.29) is 0 Å². The SMILES string of the molecule is CCCCCCC(CCCBr)N(C)C. The Hall–Kier alpha value is 0.440. The predicted molar refractivity (Wildman–Crippen MR) is 69.3 cm³/mol. The normalized spacial score (nSPS) is 13.5. The summed E-state index contributed by atoms with van der Waals surface area (Å²) in [4.78, 5) is 2.38. The van der Waals surface area contributed by atoms with Gasteiger partial charge in [0.05, 0.1) is 0 Å². The molecule has 86 valence electrons. The summed E-state index contributed by atoms with van der Waals surface area (Å²) >= 11 is 3.50. The summed E-state index contributed by atoms with van der Waals surface area (Å²) in [5.41, 5.74) is 0. The monoisotopic (exact) mass is 263 g/mol. The number of nitrogens with zero attached hydrogens (tertiary/aromatic N) is 1. The van der Waals surface area contributed by atoms with E-state index in [1.165, 1.54) is 44.9 Å². The van der Waals surface area contributed by atoms with E-state index >= 15 is 0 Å². The zero-order chi connectivity index (χ0) is 10.8. The molecule has 0 fully saturated rings. The van der Waals surface area contributed by atoms with Crippen LogP contribution in [-0.4, -0.2) is 30.4 Å². The average Bonchev–Trinajstić information content (AvgIpc) is 2.16. The maximum Gasteiger partial charge on any atom is 0.00894 e. The lowest BCUT2D eigenvalue weighted by Crippen LogP contribution is -2.27. The molecular weight excluding hydrogens is 238 g/mol. The summed E-state index contributed by atoms with van der Waals surface area (Å²) in [6.07, 6.45) is 9.57. The predicted octanol–water partition coefficient (Wildman–Crippen LogP) is 4.06. The largest absolute Gasteiger partial charge is 0.306 e. The van der Waals surface area contributed by atoms with Crippen LogP contribution in [0.3, 0.4) is 0 Å². The van der Waals surface area contributed by atoms with E-state index < -0.39 is 0 Å². The molecule has 0 aromatic heterocycles. The number of hydrogen-bond acceptors (Lipinski definition) is 1. The highest BCUT2D eigenvalue weighted by Crippen LogP contribution is 2.14. The molecule has 1 atom stereocenters. The van der Waals surface area contributed by atoms with E-state index in [4.69, 9.17) is 0 Å². The number of halogens is 1. The minimum atomic E-state index is 0.796. The molecule has 0 aliphatic heterocycles. The van der Waals surface area contributed by atoms with Gasteiger partial charge in [-0.15, -0.1) is 0 Å². The minimum Gasteiger partial charge on any atom is -0.306 e. The molecule has 0 aliphatic carbocycles. The smallest absolute Gasteiger partial charge is 0.00894 e. The maximum absolute atomic E-state index is 3.50. The van der Waals surface area contributed by atoms with Gasteiger partial charge in [0.1, 0.15) is 0 Å². The summed E-state index contributed by atoms with van der Waals surface area (Å²) in [5, 5.41) is 1.15. The minimum absolute atomic E-state index is 0.796. The molecule has 14 heavy (non-hydrogen) atoms. The lowest BCUT2D eigenvalue weighted by molar-refractivity contribution is 0.257. The van der Waals surface area contributed by atoms with Gasteiger partial charge in [-0.05, 0) is 33.4 Å². The molecule has 1 unspecified atom stereocenters. The third kappa shape index (κ3) is 7.81. The fourth-order valence-corrected chi connectivity index (χ4v) is 2.10. The van der Waals surface area contributed by atoms with Crippen molar-refractivity contribution in [3.8, 4) is 0 Å². The van der Waals surface area contributed by atoms with Crippen molar-refractivity contribution >= 4 is 15.9 Å². The van der Waals surface area contributed by atoms with E-state index in [2.05, 4.69) is 41.8 Å². The topological polar surface area (TPSA) is 3.24 Å². The van der Waals surface area contributed by atoms with E-state index in [0.717, 1.165) is 11.4 Å². The van der Waals surface area contributed by atoms with Gasteiger partial charge in [0.15, 0.2) is 0 Å². The zero-order valence-corrected chi connectivity index (χ0v) is 11.6. The quantitative estimate of drug-likeness (QED) is 0.448. The van der Waals surface area contributed by atoms with E-state index in [1.807, 2.05) is 0 Å². The molecule has 0 amide bonds. The molecule has 0 saturated heterocycles. The molecule has 0 rings (SSSR count). The van der Waals surface area contributed by atoms with Gasteiger partial charge in [0, 0.05) is 11.4 Å². The number of unbranched alkanes of at least 4 members (excludes halogenated alkanes) is 3. The van der Waals surface area contributed by atoms with Crippen LogP contribution in [0.2, 0.25) is 0 Å². The average molecular weight is 264 g/mol. The van der Waals surface area contributed by atoms with Crippen molar-refractivity contribution in [2.75, 3.05) is 19.4 Å². The lowest BCUT2D eigenvalue weighted by Gasteiger charge is -2.24. The van der Waals surface area contributed by atoms with Crippen LogP contribution in [0.4, 0.5) is 0 Å². The Morgan fingerprint density at radius 1 is 1.00 bits per heavy atom. The second-order valence-corrected chi connectivity index (χ2v) is 5.09. The van der Waals surface area contributed by atoms with Crippen molar-refractivity contribution in [3.05, 3.63) is 0 Å². The Balaban J connectivity index is 3.52. The van der Waals surface area contributed by atoms with Crippen molar-refractivity contribution in [2.24, 2.45) is 0 Å². The van der Waals surface area contributed by atoms with E-state index in [9.17, 15) is 0 Å². The standard InChI is InChI=1S/C12H26BrN/c1-4-5-6-7-9-12(14(2)3)10-8-11-13/h12H,4-11H2,1-3H3. The molecule has 0 N–H and O–H groups in total. The van der Waals surface area contributed by atoms with Crippen LogP contribution in [0.15, 0.2) is 0 Å². The van der Waals surface area contributed by atoms with Crippen LogP contribution in [0.5, 0.6) is 0 Å². The van der Waals surface area contributed by atoms with E-state index in [1.54, 1.807) is 0 Å². The first-order chi connectivity index (χ1) is 6.72. The molecule has 0 radical (unpaired) electrons. The van der Waals surface area contributed by atoms with Crippen LogP contribution in [-0.2, 0) is 0 Å². The van der Waals surface area contributed by atoms with Gasteiger partial charge in [-0.25, -0.2) is 0 Å². The fourth-order valence-electron chi connectivity index (χ4n) is 1.78. The van der Waals surface area contributed by atoms with Crippen LogP contribution in [0.1, 0.15) is 51.9 Å². The Morgan fingerprint density at radius 3 is 2.14 bits per heavy atom. The van der Waals surface area contributed by atoms with Crippen molar-refractivity contribution in [1.82, 2.24) is 4.90 Å². The molecule has 0 spiro atoms. The molecule has 0 aromatic carbocycles. The Morgan fingerprint density at radius 2 is 1.64 bits per heavy atom. The van der Waals surface area contributed by atoms with Crippen molar-refractivity contribution in [2.45, 2.75) is 57.9 Å². The Kier molecular flexibility index (Phi) is 10.3. The molecule has 0 bridgehead atoms. The highest BCUT2D eigenvalue weighted by atomic mass is 79.9. The summed E-state index contributed by atoms with van der Waals surface area (Å²) in [5.74, 6) is 0. The molecular formula is C12H26BrN. The van der Waals surface area contributed by atoms with Crippen LogP contribution in [0.25, 0.3) is 0 Å². The van der Waals surface area contributed by atoms with Gasteiger partial charge in [0.25, 0.3) is 0 Å². The van der Waals surface area contributed by atoms with Gasteiger partial charge < -0.3 is 4.90 Å². The van der Waals surface area contributed by atoms with Gasteiger partial charge in [-0.1, -0.05) is 48.5 Å². The van der Waals surface area contributed by atoms with Crippen LogP contribution in [0, 0.1) is 0 Å². The third-order valence-corrected chi connectivity index (χ3v) is 3.35. The van der Waals surface area contributed by atoms with Gasteiger partial charge in [-0.3, -0.25) is 0 Å². The van der Waals surface area contributed by atoms with Crippen molar-refractivity contribution in [3.63, 3.8) is 0 Å². The number of hydrogen-bond donors (Lipinski definition) is 0. The highest BCUT2D eigenvalue weighted by molar-refractivity contribution is 9.09. The Labute approximate surface area is 98.4 Å². The Bertz CT molecular complexity index is 115. The molecule has 0 aliphatic rings. The number of alkyl halides is 1. The molecule has 0 aromatic rings. The summed E-state index contributed by atoms with van der Waals surface area (Å²) in [6, 6.07) is 0.796. The third-order valence-electron chi connectivity index (χ3n) is 2.79. The van der Waals surface area contributed by atoms with E-state index in [0.29, 0.717) is 0 Å². The molecule has 0 heterocycles. The second kappa shape index (κ2) is 9.97. The molecule has 0 saturated carbocycles. The maximum atomic E-state index is 3.50.